The maximum atomic E-state index is 13.7. The zero-order chi connectivity index (χ0) is 25.4. The monoisotopic (exact) mass is 501 g/mol. The van der Waals surface area contributed by atoms with Gasteiger partial charge < -0.3 is 18.9 Å². The molecule has 0 aliphatic rings. The second-order valence-corrected chi connectivity index (χ2v) is 9.66. The predicted molar refractivity (Wildman–Crippen MR) is 129 cm³/mol. The number of halogens is 1. The summed E-state index contributed by atoms with van der Waals surface area (Å²) in [5.41, 5.74) is 1.24. The van der Waals surface area contributed by atoms with Gasteiger partial charge in [0.25, 0.3) is 5.91 Å². The van der Waals surface area contributed by atoms with Crippen molar-refractivity contribution in [3.8, 4) is 5.75 Å². The predicted octanol–water partition coefficient (Wildman–Crippen LogP) is 3.48. The first kappa shape index (κ1) is 26.1. The van der Waals surface area contributed by atoms with Crippen molar-refractivity contribution in [3.05, 3.63) is 90.0 Å². The summed E-state index contributed by atoms with van der Waals surface area (Å²) in [6.45, 7) is 4.38. The number of amides is 1. The summed E-state index contributed by atoms with van der Waals surface area (Å²) in [6.07, 6.45) is 2.98. The molecule has 0 spiro atoms. The lowest BCUT2D eigenvalue weighted by Gasteiger charge is -2.22. The molecule has 1 aromatic heterocycles. The molecule has 0 saturated heterocycles. The number of hydrogen-bond acceptors (Lipinski definition) is 6. The summed E-state index contributed by atoms with van der Waals surface area (Å²) in [6, 6.07) is 12.2. The van der Waals surface area contributed by atoms with Crippen LogP contribution in [0.3, 0.4) is 0 Å². The first-order valence-electron chi connectivity index (χ1n) is 10.8. The van der Waals surface area contributed by atoms with E-state index in [4.69, 9.17) is 9.47 Å². The van der Waals surface area contributed by atoms with Crippen molar-refractivity contribution in [3.63, 3.8) is 0 Å². The smallest absolute Gasteiger partial charge is 0.254 e. The SMILES string of the molecule is C=CCN(Cc1cnc(S(=O)(=O)Cc2cccc(OC)c2)n1CCOC)C(=O)c1cccc(F)c1. The van der Waals surface area contributed by atoms with E-state index in [-0.39, 0.29) is 42.7 Å². The van der Waals surface area contributed by atoms with Gasteiger partial charge in [-0.3, -0.25) is 4.79 Å². The highest BCUT2D eigenvalue weighted by atomic mass is 32.2. The number of imidazole rings is 1. The second-order valence-electron chi connectivity index (χ2n) is 7.77. The molecule has 1 amide bonds. The molecule has 0 radical (unpaired) electrons. The van der Waals surface area contributed by atoms with Gasteiger partial charge in [0.2, 0.25) is 15.0 Å². The van der Waals surface area contributed by atoms with E-state index in [1.165, 1.54) is 48.1 Å². The Kier molecular flexibility index (Phi) is 8.78. The highest BCUT2D eigenvalue weighted by molar-refractivity contribution is 7.90. The molecule has 8 nitrogen and oxygen atoms in total. The fourth-order valence-corrected chi connectivity index (χ4v) is 5.11. The summed E-state index contributed by atoms with van der Waals surface area (Å²) in [7, 11) is -0.813. The summed E-state index contributed by atoms with van der Waals surface area (Å²) in [4.78, 5) is 18.7. The Morgan fingerprint density at radius 2 is 1.97 bits per heavy atom. The third-order valence-electron chi connectivity index (χ3n) is 5.25. The lowest BCUT2D eigenvalue weighted by atomic mass is 10.2. The number of carbonyl (C=O) groups excluding carboxylic acids is 1. The summed E-state index contributed by atoms with van der Waals surface area (Å²) in [5.74, 6) is -0.654. The van der Waals surface area contributed by atoms with Crippen LogP contribution in [-0.4, -0.2) is 56.1 Å². The Labute approximate surface area is 204 Å². The molecule has 0 aliphatic carbocycles. The third kappa shape index (κ3) is 6.55. The van der Waals surface area contributed by atoms with Gasteiger partial charge in [-0.1, -0.05) is 24.3 Å². The van der Waals surface area contributed by atoms with Crippen LogP contribution in [0.1, 0.15) is 21.6 Å². The minimum atomic E-state index is -3.84. The molecule has 2 aromatic carbocycles. The van der Waals surface area contributed by atoms with Crippen molar-refractivity contribution in [1.29, 1.82) is 0 Å². The van der Waals surface area contributed by atoms with Crippen molar-refractivity contribution in [2.75, 3.05) is 27.4 Å². The number of sulfone groups is 1. The minimum absolute atomic E-state index is 0.0484. The van der Waals surface area contributed by atoms with Crippen LogP contribution in [-0.2, 0) is 33.4 Å². The number of ether oxygens (including phenoxy) is 2. The molecular weight excluding hydrogens is 473 g/mol. The lowest BCUT2D eigenvalue weighted by Crippen LogP contribution is -2.32. The van der Waals surface area contributed by atoms with Gasteiger partial charge in [0, 0.05) is 25.8 Å². The molecule has 0 N–H and O–H groups in total. The zero-order valence-corrected chi connectivity index (χ0v) is 20.5. The van der Waals surface area contributed by atoms with E-state index >= 15 is 0 Å². The van der Waals surface area contributed by atoms with Gasteiger partial charge in [-0.15, -0.1) is 6.58 Å². The van der Waals surface area contributed by atoms with Crippen LogP contribution < -0.4 is 4.74 Å². The Hall–Kier alpha value is -3.50. The van der Waals surface area contributed by atoms with Crippen molar-refractivity contribution in [2.45, 2.75) is 24.0 Å². The van der Waals surface area contributed by atoms with Gasteiger partial charge in [-0.05, 0) is 35.9 Å². The number of aromatic nitrogens is 2. The molecule has 1 heterocycles. The van der Waals surface area contributed by atoms with Crippen LogP contribution in [0.15, 0.2) is 72.5 Å². The van der Waals surface area contributed by atoms with Crippen molar-refractivity contribution in [1.82, 2.24) is 14.5 Å². The van der Waals surface area contributed by atoms with Crippen LogP contribution in [0.5, 0.6) is 5.75 Å². The molecule has 0 saturated carbocycles. The Morgan fingerprint density at radius 1 is 1.20 bits per heavy atom. The van der Waals surface area contributed by atoms with Gasteiger partial charge in [0.05, 0.1) is 37.9 Å². The quantitative estimate of drug-likeness (QED) is 0.353. The van der Waals surface area contributed by atoms with Crippen LogP contribution in [0.4, 0.5) is 4.39 Å². The van der Waals surface area contributed by atoms with Crippen LogP contribution in [0.25, 0.3) is 0 Å². The average molecular weight is 502 g/mol. The van der Waals surface area contributed by atoms with Crippen molar-refractivity contribution < 1.29 is 27.1 Å². The zero-order valence-electron chi connectivity index (χ0n) is 19.7. The third-order valence-corrected chi connectivity index (χ3v) is 6.85. The summed E-state index contributed by atoms with van der Waals surface area (Å²) < 4.78 is 52.2. The van der Waals surface area contributed by atoms with E-state index in [2.05, 4.69) is 11.6 Å². The molecule has 3 aromatic rings. The molecule has 0 bridgehead atoms. The van der Waals surface area contributed by atoms with Gasteiger partial charge in [0.1, 0.15) is 11.6 Å². The lowest BCUT2D eigenvalue weighted by molar-refractivity contribution is 0.0757. The number of methoxy groups -OCH3 is 2. The average Bonchev–Trinajstić information content (AvgIpc) is 3.25. The Morgan fingerprint density at radius 3 is 2.66 bits per heavy atom. The molecule has 0 aliphatic heterocycles. The molecule has 35 heavy (non-hydrogen) atoms. The molecule has 3 rings (SSSR count). The summed E-state index contributed by atoms with van der Waals surface area (Å²) in [5, 5.41) is -0.121. The van der Waals surface area contributed by atoms with E-state index in [9.17, 15) is 17.6 Å². The van der Waals surface area contributed by atoms with E-state index in [0.29, 0.717) is 17.0 Å². The standard InChI is InChI=1S/C25H28FN3O5S/c1-4-11-28(24(30)20-8-6-9-21(26)15-20)17-22-16-27-25(29(22)12-13-33-2)35(31,32)18-19-7-5-10-23(14-19)34-3/h4-10,14-16H,1,11-13,17-18H2,2-3H3. The largest absolute Gasteiger partial charge is 0.497 e. The summed E-state index contributed by atoms with van der Waals surface area (Å²) >= 11 is 0. The first-order valence-corrected chi connectivity index (χ1v) is 12.5. The minimum Gasteiger partial charge on any atom is -0.497 e. The molecule has 0 atom stereocenters. The molecule has 0 fully saturated rings. The van der Waals surface area contributed by atoms with E-state index in [1.54, 1.807) is 30.3 Å². The topological polar surface area (TPSA) is 90.7 Å². The van der Waals surface area contributed by atoms with Crippen molar-refractivity contribution in [2.24, 2.45) is 0 Å². The van der Waals surface area contributed by atoms with Gasteiger partial charge in [-0.25, -0.2) is 17.8 Å². The molecule has 0 unspecified atom stereocenters. The fraction of sp³-hybridized carbons (Fsp3) is 0.280. The number of hydrogen-bond donors (Lipinski definition) is 0. The molecular formula is C25H28FN3O5S. The van der Waals surface area contributed by atoms with Crippen LogP contribution >= 0.6 is 0 Å². The highest BCUT2D eigenvalue weighted by Crippen LogP contribution is 2.22. The number of benzene rings is 2. The number of nitrogens with zero attached hydrogens (tertiary/aromatic N) is 3. The van der Waals surface area contributed by atoms with Gasteiger partial charge >= 0.3 is 0 Å². The fourth-order valence-electron chi connectivity index (χ4n) is 3.61. The van der Waals surface area contributed by atoms with Crippen LogP contribution in [0.2, 0.25) is 0 Å². The number of rotatable bonds is 12. The van der Waals surface area contributed by atoms with E-state index in [1.807, 2.05) is 0 Å². The first-order chi connectivity index (χ1) is 16.8. The maximum Gasteiger partial charge on any atom is 0.254 e. The molecule has 10 heteroatoms. The van der Waals surface area contributed by atoms with E-state index < -0.39 is 21.6 Å². The number of carbonyl (C=O) groups is 1. The van der Waals surface area contributed by atoms with Gasteiger partial charge in [-0.2, -0.15) is 0 Å². The van der Waals surface area contributed by atoms with Crippen LogP contribution in [0, 0.1) is 5.82 Å². The maximum absolute atomic E-state index is 13.7. The highest BCUT2D eigenvalue weighted by Gasteiger charge is 2.26. The van der Waals surface area contributed by atoms with Crippen molar-refractivity contribution >= 4 is 15.7 Å². The second kappa shape index (κ2) is 11.8. The normalized spacial score (nSPS) is 11.3. The Balaban J connectivity index is 1.94. The molecule has 186 valence electrons. The van der Waals surface area contributed by atoms with Gasteiger partial charge in [0.15, 0.2) is 0 Å². The Bertz CT molecular complexity index is 1290. The van der Waals surface area contributed by atoms with E-state index in [0.717, 1.165) is 6.07 Å².